The van der Waals surface area contributed by atoms with Crippen molar-refractivity contribution in [1.82, 2.24) is 19.8 Å². The smallest absolute Gasteiger partial charge is 0.272 e. The molecule has 2 rings (SSSR count). The van der Waals surface area contributed by atoms with E-state index in [2.05, 4.69) is 41.0 Å². The van der Waals surface area contributed by atoms with Gasteiger partial charge in [0.1, 0.15) is 17.3 Å². The second kappa shape index (κ2) is 7.54. The number of carbonyl (C=O) groups excluding carboxylic acids is 1. The standard InChI is InChI=1S/C16H27N5O/c1-5-20-6-8-21(9-7-20)16(22)14-10-15(17-11-12(2)3)19-13(4)18-14/h10,12H,5-9,11H2,1-4H3,(H,17,18,19). The van der Waals surface area contributed by atoms with Crippen LogP contribution in [0.25, 0.3) is 0 Å². The zero-order valence-corrected chi connectivity index (χ0v) is 14.1. The number of amides is 1. The van der Waals surface area contributed by atoms with Gasteiger partial charge in [-0.15, -0.1) is 0 Å². The second-order valence-electron chi connectivity index (χ2n) is 6.19. The summed E-state index contributed by atoms with van der Waals surface area (Å²) >= 11 is 0. The molecule has 0 aliphatic carbocycles. The number of hydrogen-bond donors (Lipinski definition) is 1. The lowest BCUT2D eigenvalue weighted by atomic mass is 10.2. The van der Waals surface area contributed by atoms with Crippen molar-refractivity contribution in [2.24, 2.45) is 5.92 Å². The topological polar surface area (TPSA) is 61.4 Å². The van der Waals surface area contributed by atoms with E-state index in [1.54, 1.807) is 6.07 Å². The van der Waals surface area contributed by atoms with Gasteiger partial charge in [-0.05, 0) is 19.4 Å². The van der Waals surface area contributed by atoms with Crippen LogP contribution in [0.15, 0.2) is 6.07 Å². The van der Waals surface area contributed by atoms with Crippen LogP contribution in [0.5, 0.6) is 0 Å². The first-order valence-electron chi connectivity index (χ1n) is 8.10. The van der Waals surface area contributed by atoms with Crippen molar-refractivity contribution in [3.63, 3.8) is 0 Å². The number of anilines is 1. The maximum atomic E-state index is 12.6. The maximum Gasteiger partial charge on any atom is 0.272 e. The van der Waals surface area contributed by atoms with Crippen LogP contribution in [0.4, 0.5) is 5.82 Å². The number of aryl methyl sites for hydroxylation is 1. The zero-order chi connectivity index (χ0) is 16.1. The number of hydrogen-bond acceptors (Lipinski definition) is 5. The minimum absolute atomic E-state index is 0.00819. The lowest BCUT2D eigenvalue weighted by molar-refractivity contribution is 0.0637. The molecule has 0 saturated carbocycles. The molecule has 0 aromatic carbocycles. The number of nitrogens with one attached hydrogen (secondary N) is 1. The van der Waals surface area contributed by atoms with Crippen molar-refractivity contribution in [2.45, 2.75) is 27.7 Å². The summed E-state index contributed by atoms with van der Waals surface area (Å²) in [5.41, 5.74) is 0.490. The fourth-order valence-electron chi connectivity index (χ4n) is 2.51. The largest absolute Gasteiger partial charge is 0.370 e. The summed E-state index contributed by atoms with van der Waals surface area (Å²) in [6.07, 6.45) is 0. The molecule has 1 saturated heterocycles. The zero-order valence-electron chi connectivity index (χ0n) is 14.1. The fourth-order valence-corrected chi connectivity index (χ4v) is 2.51. The molecule has 0 bridgehead atoms. The van der Waals surface area contributed by atoms with Crippen LogP contribution in [0.3, 0.4) is 0 Å². The van der Waals surface area contributed by atoms with Crippen molar-refractivity contribution in [3.05, 3.63) is 17.6 Å². The van der Waals surface area contributed by atoms with Crippen LogP contribution in [0.2, 0.25) is 0 Å². The Balaban J connectivity index is 2.06. The van der Waals surface area contributed by atoms with Crippen molar-refractivity contribution >= 4 is 11.7 Å². The summed E-state index contributed by atoms with van der Waals surface area (Å²) in [5, 5.41) is 3.27. The highest BCUT2D eigenvalue weighted by Gasteiger charge is 2.22. The molecule has 0 radical (unpaired) electrons. The normalized spacial score (nSPS) is 16.1. The third-order valence-electron chi connectivity index (χ3n) is 3.86. The number of rotatable bonds is 5. The van der Waals surface area contributed by atoms with E-state index in [0.29, 0.717) is 17.4 Å². The molecule has 1 aromatic heterocycles. The third-order valence-corrected chi connectivity index (χ3v) is 3.86. The van der Waals surface area contributed by atoms with Gasteiger partial charge in [-0.25, -0.2) is 9.97 Å². The molecule has 0 spiro atoms. The molecule has 1 aliphatic heterocycles. The summed E-state index contributed by atoms with van der Waals surface area (Å²) in [7, 11) is 0. The van der Waals surface area contributed by atoms with Gasteiger partial charge in [-0.3, -0.25) is 4.79 Å². The van der Waals surface area contributed by atoms with Gasteiger partial charge in [-0.1, -0.05) is 20.8 Å². The molecule has 1 amide bonds. The van der Waals surface area contributed by atoms with Crippen molar-refractivity contribution < 1.29 is 4.79 Å². The Hall–Kier alpha value is -1.69. The summed E-state index contributed by atoms with van der Waals surface area (Å²) in [5.74, 6) is 1.89. The Morgan fingerprint density at radius 2 is 1.95 bits per heavy atom. The molecule has 6 nitrogen and oxygen atoms in total. The van der Waals surface area contributed by atoms with Crippen molar-refractivity contribution in [3.8, 4) is 0 Å². The van der Waals surface area contributed by atoms with E-state index in [1.165, 1.54) is 0 Å². The van der Waals surface area contributed by atoms with E-state index in [1.807, 2.05) is 11.8 Å². The molecule has 1 aliphatic rings. The number of likely N-dealkylation sites (N-methyl/N-ethyl adjacent to an activating group) is 1. The van der Waals surface area contributed by atoms with Gasteiger partial charge >= 0.3 is 0 Å². The van der Waals surface area contributed by atoms with Gasteiger partial charge in [-0.2, -0.15) is 0 Å². The maximum absolute atomic E-state index is 12.6. The molecule has 2 heterocycles. The molecule has 0 atom stereocenters. The van der Waals surface area contributed by atoms with Gasteiger partial charge in [0.15, 0.2) is 0 Å². The lowest BCUT2D eigenvalue weighted by Gasteiger charge is -2.33. The van der Waals surface area contributed by atoms with E-state index >= 15 is 0 Å². The first-order chi connectivity index (χ1) is 10.5. The quantitative estimate of drug-likeness (QED) is 0.896. The van der Waals surface area contributed by atoms with Crippen LogP contribution >= 0.6 is 0 Å². The molecule has 6 heteroatoms. The Kier molecular flexibility index (Phi) is 5.71. The van der Waals surface area contributed by atoms with Crippen LogP contribution in [0.1, 0.15) is 37.1 Å². The Morgan fingerprint density at radius 1 is 1.27 bits per heavy atom. The first kappa shape index (κ1) is 16.7. The minimum Gasteiger partial charge on any atom is -0.370 e. The summed E-state index contributed by atoms with van der Waals surface area (Å²) in [6, 6.07) is 1.77. The molecular weight excluding hydrogens is 278 g/mol. The van der Waals surface area contributed by atoms with Gasteiger partial charge in [0.05, 0.1) is 0 Å². The van der Waals surface area contributed by atoms with Gasteiger partial charge in [0.2, 0.25) is 0 Å². The third kappa shape index (κ3) is 4.40. The Bertz CT molecular complexity index is 509. The van der Waals surface area contributed by atoms with Crippen LogP contribution in [-0.2, 0) is 0 Å². The van der Waals surface area contributed by atoms with Crippen LogP contribution < -0.4 is 5.32 Å². The SMILES string of the molecule is CCN1CCN(C(=O)c2cc(NCC(C)C)nc(C)n2)CC1. The Morgan fingerprint density at radius 3 is 2.55 bits per heavy atom. The molecule has 0 unspecified atom stereocenters. The number of carbonyl (C=O) groups is 1. The molecule has 1 fully saturated rings. The van der Waals surface area contributed by atoms with E-state index < -0.39 is 0 Å². The molecule has 1 aromatic rings. The molecular formula is C16H27N5O. The monoisotopic (exact) mass is 305 g/mol. The predicted octanol–water partition coefficient (Wildman–Crippen LogP) is 1.63. The average molecular weight is 305 g/mol. The van der Waals surface area contributed by atoms with E-state index in [9.17, 15) is 4.79 Å². The van der Waals surface area contributed by atoms with Gasteiger partial charge in [0, 0.05) is 38.8 Å². The summed E-state index contributed by atoms with van der Waals surface area (Å²) < 4.78 is 0. The lowest BCUT2D eigenvalue weighted by Crippen LogP contribution is -2.48. The summed E-state index contributed by atoms with van der Waals surface area (Å²) in [4.78, 5) is 25.5. The van der Waals surface area contributed by atoms with Crippen molar-refractivity contribution in [1.29, 1.82) is 0 Å². The van der Waals surface area contributed by atoms with Crippen LogP contribution in [0, 0.1) is 12.8 Å². The molecule has 122 valence electrons. The van der Waals surface area contributed by atoms with E-state index in [4.69, 9.17) is 0 Å². The fraction of sp³-hybridized carbons (Fsp3) is 0.688. The predicted molar refractivity (Wildman–Crippen MR) is 88.1 cm³/mol. The van der Waals surface area contributed by atoms with Gasteiger partial charge in [0.25, 0.3) is 5.91 Å². The molecule has 22 heavy (non-hydrogen) atoms. The van der Waals surface area contributed by atoms with Gasteiger partial charge < -0.3 is 15.1 Å². The number of piperazine rings is 1. The Labute approximate surface area is 132 Å². The van der Waals surface area contributed by atoms with Crippen molar-refractivity contribution in [2.75, 3.05) is 44.6 Å². The second-order valence-corrected chi connectivity index (χ2v) is 6.19. The highest BCUT2D eigenvalue weighted by atomic mass is 16.2. The highest BCUT2D eigenvalue weighted by Crippen LogP contribution is 2.12. The highest BCUT2D eigenvalue weighted by molar-refractivity contribution is 5.93. The average Bonchev–Trinajstić information content (AvgIpc) is 2.52. The summed E-state index contributed by atoms with van der Waals surface area (Å²) in [6.45, 7) is 13.5. The van der Waals surface area contributed by atoms with E-state index in [0.717, 1.165) is 45.1 Å². The molecule has 1 N–H and O–H groups in total. The van der Waals surface area contributed by atoms with Crippen LogP contribution in [-0.4, -0.2) is 64.9 Å². The first-order valence-corrected chi connectivity index (χ1v) is 8.10. The van der Waals surface area contributed by atoms with E-state index in [-0.39, 0.29) is 5.91 Å². The number of nitrogens with zero attached hydrogens (tertiary/aromatic N) is 4. The minimum atomic E-state index is 0.00819. The number of aromatic nitrogens is 2.